The number of morpholine rings is 1. The van der Waals surface area contributed by atoms with Gasteiger partial charge in [-0.2, -0.15) is 11.8 Å². The van der Waals surface area contributed by atoms with E-state index in [1.165, 1.54) is 0 Å². The first-order valence-electron chi connectivity index (χ1n) is 6.26. The SMILES string of the molecule is CC(O)C(C)SCCCC(=O)N1CCOCC1. The molecule has 2 unspecified atom stereocenters. The monoisotopic (exact) mass is 261 g/mol. The van der Waals surface area contributed by atoms with Gasteiger partial charge in [0.25, 0.3) is 0 Å². The summed E-state index contributed by atoms with van der Waals surface area (Å²) >= 11 is 1.73. The molecule has 1 saturated heterocycles. The Bertz CT molecular complexity index is 230. The van der Waals surface area contributed by atoms with Crippen LogP contribution in [0.25, 0.3) is 0 Å². The van der Waals surface area contributed by atoms with Crippen molar-refractivity contribution in [3.63, 3.8) is 0 Å². The second-order valence-corrected chi connectivity index (χ2v) is 5.90. The van der Waals surface area contributed by atoms with Crippen molar-refractivity contribution in [2.24, 2.45) is 0 Å². The molecule has 0 aromatic carbocycles. The lowest BCUT2D eigenvalue weighted by atomic mass is 10.3. The van der Waals surface area contributed by atoms with E-state index in [1.54, 1.807) is 18.7 Å². The average Bonchev–Trinajstić information content (AvgIpc) is 2.35. The summed E-state index contributed by atoms with van der Waals surface area (Å²) in [6.07, 6.45) is 1.22. The van der Waals surface area contributed by atoms with E-state index in [-0.39, 0.29) is 17.3 Å². The highest BCUT2D eigenvalue weighted by Crippen LogP contribution is 2.16. The van der Waals surface area contributed by atoms with Crippen molar-refractivity contribution in [1.82, 2.24) is 4.90 Å². The van der Waals surface area contributed by atoms with Crippen LogP contribution in [0.4, 0.5) is 0 Å². The fourth-order valence-corrected chi connectivity index (χ4v) is 2.56. The Morgan fingerprint density at radius 1 is 1.41 bits per heavy atom. The molecule has 0 bridgehead atoms. The average molecular weight is 261 g/mol. The topological polar surface area (TPSA) is 49.8 Å². The van der Waals surface area contributed by atoms with Crippen molar-refractivity contribution < 1.29 is 14.6 Å². The molecule has 1 heterocycles. The smallest absolute Gasteiger partial charge is 0.222 e. The maximum Gasteiger partial charge on any atom is 0.222 e. The van der Waals surface area contributed by atoms with Crippen LogP contribution in [-0.4, -0.2) is 59.3 Å². The molecule has 1 N–H and O–H groups in total. The molecule has 1 amide bonds. The Morgan fingerprint density at radius 3 is 2.65 bits per heavy atom. The maximum atomic E-state index is 11.8. The Labute approximate surface area is 108 Å². The molecule has 0 radical (unpaired) electrons. The number of rotatable bonds is 6. The van der Waals surface area contributed by atoms with Gasteiger partial charge in [-0.3, -0.25) is 4.79 Å². The van der Waals surface area contributed by atoms with Gasteiger partial charge in [-0.15, -0.1) is 0 Å². The lowest BCUT2D eigenvalue weighted by molar-refractivity contribution is -0.135. The second-order valence-electron chi connectivity index (χ2n) is 4.41. The molecule has 5 heteroatoms. The van der Waals surface area contributed by atoms with Gasteiger partial charge in [0.2, 0.25) is 5.91 Å². The van der Waals surface area contributed by atoms with Crippen molar-refractivity contribution in [2.45, 2.75) is 38.0 Å². The third-order valence-electron chi connectivity index (χ3n) is 2.96. The number of aliphatic hydroxyl groups excluding tert-OH is 1. The quantitative estimate of drug-likeness (QED) is 0.728. The van der Waals surface area contributed by atoms with Gasteiger partial charge < -0.3 is 14.7 Å². The first-order valence-corrected chi connectivity index (χ1v) is 7.31. The van der Waals surface area contributed by atoms with Gasteiger partial charge in [-0.05, 0) is 19.1 Å². The highest BCUT2D eigenvalue weighted by Gasteiger charge is 2.16. The molecule has 100 valence electrons. The molecular formula is C12H23NO3S. The molecule has 0 aromatic rings. The van der Waals surface area contributed by atoms with Crippen LogP contribution in [0, 0.1) is 0 Å². The van der Waals surface area contributed by atoms with Gasteiger partial charge in [0.05, 0.1) is 19.3 Å². The number of aliphatic hydroxyl groups is 1. The molecular weight excluding hydrogens is 238 g/mol. The number of thioether (sulfide) groups is 1. The summed E-state index contributed by atoms with van der Waals surface area (Å²) in [5.41, 5.74) is 0. The number of ether oxygens (including phenoxy) is 1. The van der Waals surface area contributed by atoms with Crippen molar-refractivity contribution in [3.8, 4) is 0 Å². The first-order chi connectivity index (χ1) is 8.11. The third-order valence-corrected chi connectivity index (χ3v) is 4.40. The summed E-state index contributed by atoms with van der Waals surface area (Å²) in [6.45, 7) is 6.61. The van der Waals surface area contributed by atoms with Crippen molar-refractivity contribution >= 4 is 17.7 Å². The van der Waals surface area contributed by atoms with Crippen LogP contribution >= 0.6 is 11.8 Å². The normalized spacial score (nSPS) is 20.1. The number of nitrogens with zero attached hydrogens (tertiary/aromatic N) is 1. The third kappa shape index (κ3) is 5.75. The Balaban J connectivity index is 2.07. The second kappa shape index (κ2) is 7.95. The van der Waals surface area contributed by atoms with Crippen LogP contribution < -0.4 is 0 Å². The standard InChI is InChI=1S/C12H23NO3S/c1-10(14)11(2)17-9-3-4-12(15)13-5-7-16-8-6-13/h10-11,14H,3-9H2,1-2H3. The van der Waals surface area contributed by atoms with Crippen LogP contribution in [0.1, 0.15) is 26.7 Å². The van der Waals surface area contributed by atoms with E-state index < -0.39 is 0 Å². The largest absolute Gasteiger partial charge is 0.392 e. The maximum absolute atomic E-state index is 11.8. The van der Waals surface area contributed by atoms with E-state index in [0.29, 0.717) is 19.6 Å². The highest BCUT2D eigenvalue weighted by molar-refractivity contribution is 7.99. The fraction of sp³-hybridized carbons (Fsp3) is 0.917. The molecule has 0 aromatic heterocycles. The van der Waals surface area contributed by atoms with E-state index in [4.69, 9.17) is 4.74 Å². The number of carbonyl (C=O) groups is 1. The molecule has 0 aliphatic carbocycles. The van der Waals surface area contributed by atoms with Gasteiger partial charge in [0, 0.05) is 24.8 Å². The van der Waals surface area contributed by atoms with Crippen LogP contribution in [0.15, 0.2) is 0 Å². The first kappa shape index (κ1) is 14.8. The van der Waals surface area contributed by atoms with Crippen LogP contribution in [0.3, 0.4) is 0 Å². The Hall–Kier alpha value is -0.260. The Morgan fingerprint density at radius 2 is 2.06 bits per heavy atom. The van der Waals surface area contributed by atoms with Crippen molar-refractivity contribution in [3.05, 3.63) is 0 Å². The molecule has 17 heavy (non-hydrogen) atoms. The molecule has 2 atom stereocenters. The van der Waals surface area contributed by atoms with Gasteiger partial charge in [-0.25, -0.2) is 0 Å². The Kier molecular flexibility index (Phi) is 6.92. The van der Waals surface area contributed by atoms with Gasteiger partial charge in [-0.1, -0.05) is 6.92 Å². The lowest BCUT2D eigenvalue weighted by Gasteiger charge is -2.26. The predicted octanol–water partition coefficient (Wildman–Crippen LogP) is 1.13. The molecule has 0 saturated carbocycles. The predicted molar refractivity (Wildman–Crippen MR) is 70.2 cm³/mol. The number of hydrogen-bond acceptors (Lipinski definition) is 4. The molecule has 1 rings (SSSR count). The minimum atomic E-state index is -0.282. The molecule has 0 spiro atoms. The van der Waals surface area contributed by atoms with E-state index in [1.807, 2.05) is 11.8 Å². The van der Waals surface area contributed by atoms with Crippen LogP contribution in [0.5, 0.6) is 0 Å². The fourth-order valence-electron chi connectivity index (χ4n) is 1.60. The summed E-state index contributed by atoms with van der Waals surface area (Å²) in [7, 11) is 0. The van der Waals surface area contributed by atoms with Crippen molar-refractivity contribution in [1.29, 1.82) is 0 Å². The lowest BCUT2D eigenvalue weighted by Crippen LogP contribution is -2.40. The zero-order chi connectivity index (χ0) is 12.7. The zero-order valence-corrected chi connectivity index (χ0v) is 11.5. The van der Waals surface area contributed by atoms with Crippen molar-refractivity contribution in [2.75, 3.05) is 32.1 Å². The van der Waals surface area contributed by atoms with Gasteiger partial charge in [0.15, 0.2) is 0 Å². The molecule has 1 aliphatic heterocycles. The number of carbonyl (C=O) groups excluding carboxylic acids is 1. The summed E-state index contributed by atoms with van der Waals surface area (Å²) in [5, 5.41) is 9.57. The minimum Gasteiger partial charge on any atom is -0.392 e. The van der Waals surface area contributed by atoms with E-state index in [9.17, 15) is 9.90 Å². The van der Waals surface area contributed by atoms with Gasteiger partial charge in [0.1, 0.15) is 0 Å². The summed E-state index contributed by atoms with van der Waals surface area (Å²) in [4.78, 5) is 13.7. The van der Waals surface area contributed by atoms with E-state index in [2.05, 4.69) is 0 Å². The van der Waals surface area contributed by atoms with E-state index >= 15 is 0 Å². The van der Waals surface area contributed by atoms with E-state index in [0.717, 1.165) is 25.3 Å². The number of hydrogen-bond donors (Lipinski definition) is 1. The highest BCUT2D eigenvalue weighted by atomic mass is 32.2. The molecule has 4 nitrogen and oxygen atoms in total. The van der Waals surface area contributed by atoms with Crippen LogP contribution in [0.2, 0.25) is 0 Å². The van der Waals surface area contributed by atoms with Gasteiger partial charge >= 0.3 is 0 Å². The number of amides is 1. The minimum absolute atomic E-state index is 0.235. The summed E-state index contributed by atoms with van der Waals surface area (Å²) in [6, 6.07) is 0. The molecule has 1 fully saturated rings. The summed E-state index contributed by atoms with van der Waals surface area (Å²) in [5.74, 6) is 1.17. The molecule has 1 aliphatic rings. The van der Waals surface area contributed by atoms with Crippen LogP contribution in [-0.2, 0) is 9.53 Å². The zero-order valence-electron chi connectivity index (χ0n) is 10.7. The summed E-state index contributed by atoms with van der Waals surface area (Å²) < 4.78 is 5.21.